The number of anilines is 1. The van der Waals surface area contributed by atoms with Gasteiger partial charge < -0.3 is 14.4 Å². The van der Waals surface area contributed by atoms with Gasteiger partial charge in [0.2, 0.25) is 5.91 Å². The van der Waals surface area contributed by atoms with Gasteiger partial charge in [0, 0.05) is 6.07 Å². The molecule has 1 saturated heterocycles. The topological polar surface area (TPSA) is 89.1 Å². The second kappa shape index (κ2) is 9.90. The van der Waals surface area contributed by atoms with Crippen molar-refractivity contribution in [3.05, 3.63) is 53.5 Å². The number of likely N-dealkylation sites (tertiary alicyclic amines) is 1. The van der Waals surface area contributed by atoms with Crippen molar-refractivity contribution in [1.82, 2.24) is 24.8 Å². The van der Waals surface area contributed by atoms with Crippen LogP contribution in [0.3, 0.4) is 0 Å². The van der Waals surface area contributed by atoms with E-state index >= 15 is 0 Å². The number of hydrogen-bond acceptors (Lipinski definition) is 7. The van der Waals surface area contributed by atoms with E-state index in [1.165, 1.54) is 36.6 Å². The number of nitrogens with one attached hydrogen (secondary N) is 1. The summed E-state index contributed by atoms with van der Waals surface area (Å²) in [4.78, 5) is 14.7. The van der Waals surface area contributed by atoms with E-state index in [0.717, 1.165) is 30.6 Å². The summed E-state index contributed by atoms with van der Waals surface area (Å²) in [7, 11) is 0. The van der Waals surface area contributed by atoms with Gasteiger partial charge in [-0.25, -0.2) is 0 Å². The van der Waals surface area contributed by atoms with Gasteiger partial charge in [0.1, 0.15) is 11.6 Å². The molecule has 158 valence electrons. The number of piperidine rings is 1. The molecule has 30 heavy (non-hydrogen) atoms. The van der Waals surface area contributed by atoms with Gasteiger partial charge in [0.15, 0.2) is 11.0 Å². The molecule has 1 fully saturated rings. The summed E-state index contributed by atoms with van der Waals surface area (Å²) < 4.78 is 7.11. The van der Waals surface area contributed by atoms with Gasteiger partial charge in [-0.3, -0.25) is 9.69 Å². The van der Waals surface area contributed by atoms with Gasteiger partial charge in [-0.15, -0.1) is 10.2 Å². The van der Waals surface area contributed by atoms with Crippen LogP contribution in [0.1, 0.15) is 36.4 Å². The molecule has 4 rings (SSSR count). The molecule has 0 spiro atoms. The molecule has 8 nitrogen and oxygen atoms in total. The molecule has 1 aromatic carbocycles. The van der Waals surface area contributed by atoms with Crippen molar-refractivity contribution in [2.75, 3.05) is 24.2 Å². The SMILES string of the molecule is Cc1cc(NC(=O)CSc2nnc(CN3CCCCC3)n2Cc2ccccc2)no1. The molecule has 0 saturated carbocycles. The number of carbonyl (C=O) groups excluding carboxylic acids is 1. The maximum absolute atomic E-state index is 12.3. The Bertz CT molecular complexity index is 965. The van der Waals surface area contributed by atoms with Crippen molar-refractivity contribution in [1.29, 1.82) is 0 Å². The average Bonchev–Trinajstić information content (AvgIpc) is 3.34. The first-order valence-corrected chi connectivity index (χ1v) is 11.2. The Morgan fingerprint density at radius 3 is 2.67 bits per heavy atom. The molecule has 1 aliphatic heterocycles. The van der Waals surface area contributed by atoms with E-state index in [1.54, 1.807) is 13.0 Å². The van der Waals surface area contributed by atoms with Crippen molar-refractivity contribution in [2.45, 2.75) is 44.4 Å². The predicted molar refractivity (Wildman–Crippen MR) is 115 cm³/mol. The number of aromatic nitrogens is 4. The number of nitrogens with zero attached hydrogens (tertiary/aromatic N) is 5. The van der Waals surface area contributed by atoms with Crippen LogP contribution in [0.25, 0.3) is 0 Å². The summed E-state index contributed by atoms with van der Waals surface area (Å²) in [6.07, 6.45) is 3.76. The first-order valence-electron chi connectivity index (χ1n) is 10.2. The number of hydrogen-bond donors (Lipinski definition) is 1. The molecular weight excluding hydrogens is 400 g/mol. The number of benzene rings is 1. The summed E-state index contributed by atoms with van der Waals surface area (Å²) in [5, 5.41) is 16.1. The third-order valence-electron chi connectivity index (χ3n) is 5.02. The number of aryl methyl sites for hydroxylation is 1. The standard InChI is InChI=1S/C21H26N6O2S/c1-16-12-18(25-29-16)22-20(28)15-30-21-24-23-19(14-26-10-6-3-7-11-26)27(21)13-17-8-4-2-5-9-17/h2,4-5,8-9,12H,3,6-7,10-11,13-15H2,1H3,(H,22,25,28). The normalized spacial score (nSPS) is 14.7. The molecule has 0 aliphatic carbocycles. The molecule has 2 aromatic heterocycles. The van der Waals surface area contributed by atoms with Crippen LogP contribution in [-0.4, -0.2) is 49.6 Å². The molecule has 0 radical (unpaired) electrons. The molecule has 0 unspecified atom stereocenters. The molecular formula is C21H26N6O2S. The van der Waals surface area contributed by atoms with Crippen molar-refractivity contribution < 1.29 is 9.32 Å². The van der Waals surface area contributed by atoms with Crippen LogP contribution in [0.2, 0.25) is 0 Å². The van der Waals surface area contributed by atoms with Crippen LogP contribution >= 0.6 is 11.8 Å². The highest BCUT2D eigenvalue weighted by Crippen LogP contribution is 2.21. The Morgan fingerprint density at radius 2 is 1.93 bits per heavy atom. The lowest BCUT2D eigenvalue weighted by Gasteiger charge is -2.26. The minimum atomic E-state index is -0.153. The maximum atomic E-state index is 12.3. The number of rotatable bonds is 8. The summed E-state index contributed by atoms with van der Waals surface area (Å²) >= 11 is 1.38. The highest BCUT2D eigenvalue weighted by atomic mass is 32.2. The molecule has 1 N–H and O–H groups in total. The molecule has 1 amide bonds. The van der Waals surface area contributed by atoms with Crippen molar-refractivity contribution in [2.24, 2.45) is 0 Å². The quantitative estimate of drug-likeness (QED) is 0.553. The van der Waals surface area contributed by atoms with Gasteiger partial charge in [-0.2, -0.15) is 0 Å². The van der Waals surface area contributed by atoms with E-state index in [1.807, 2.05) is 18.2 Å². The first-order chi connectivity index (χ1) is 14.7. The maximum Gasteiger partial charge on any atom is 0.236 e. The molecule has 0 atom stereocenters. The van der Waals surface area contributed by atoms with Crippen LogP contribution in [0, 0.1) is 6.92 Å². The zero-order chi connectivity index (χ0) is 20.8. The van der Waals surface area contributed by atoms with Crippen LogP contribution < -0.4 is 5.32 Å². The largest absolute Gasteiger partial charge is 0.360 e. The van der Waals surface area contributed by atoms with Gasteiger partial charge in [0.25, 0.3) is 0 Å². The lowest BCUT2D eigenvalue weighted by atomic mass is 10.1. The third kappa shape index (κ3) is 5.48. The zero-order valence-electron chi connectivity index (χ0n) is 17.1. The van der Waals surface area contributed by atoms with Crippen LogP contribution in [0.15, 0.2) is 46.1 Å². The average molecular weight is 427 g/mol. The summed E-state index contributed by atoms with van der Waals surface area (Å²) in [6, 6.07) is 12.0. The van der Waals surface area contributed by atoms with Gasteiger partial charge >= 0.3 is 0 Å². The zero-order valence-corrected chi connectivity index (χ0v) is 17.9. The van der Waals surface area contributed by atoms with E-state index in [2.05, 4.69) is 42.3 Å². The molecule has 9 heteroatoms. The van der Waals surface area contributed by atoms with Gasteiger partial charge in [0.05, 0.1) is 18.8 Å². The summed E-state index contributed by atoms with van der Waals surface area (Å²) in [5.74, 6) is 2.09. The van der Waals surface area contributed by atoms with E-state index in [0.29, 0.717) is 18.1 Å². The van der Waals surface area contributed by atoms with E-state index < -0.39 is 0 Å². The second-order valence-electron chi connectivity index (χ2n) is 7.47. The molecule has 0 bridgehead atoms. The number of carbonyl (C=O) groups is 1. The fraction of sp³-hybridized carbons (Fsp3) is 0.429. The highest BCUT2D eigenvalue weighted by molar-refractivity contribution is 7.99. The lowest BCUT2D eigenvalue weighted by molar-refractivity contribution is -0.113. The van der Waals surface area contributed by atoms with E-state index in [-0.39, 0.29) is 11.7 Å². The van der Waals surface area contributed by atoms with Crippen LogP contribution in [0.5, 0.6) is 0 Å². The summed E-state index contributed by atoms with van der Waals surface area (Å²) in [6.45, 7) is 5.45. The number of thioether (sulfide) groups is 1. The van der Waals surface area contributed by atoms with E-state index in [4.69, 9.17) is 4.52 Å². The third-order valence-corrected chi connectivity index (χ3v) is 5.99. The second-order valence-corrected chi connectivity index (χ2v) is 8.41. The highest BCUT2D eigenvalue weighted by Gasteiger charge is 2.19. The van der Waals surface area contributed by atoms with Crippen molar-refractivity contribution in [3.8, 4) is 0 Å². The summed E-state index contributed by atoms with van der Waals surface area (Å²) in [5.41, 5.74) is 1.18. The van der Waals surface area contributed by atoms with Gasteiger partial charge in [-0.1, -0.05) is 53.7 Å². The Labute approximate surface area is 180 Å². The Morgan fingerprint density at radius 1 is 1.13 bits per heavy atom. The lowest BCUT2D eigenvalue weighted by Crippen LogP contribution is -2.30. The van der Waals surface area contributed by atoms with E-state index in [9.17, 15) is 4.79 Å². The Kier molecular flexibility index (Phi) is 6.81. The fourth-order valence-corrected chi connectivity index (χ4v) is 4.28. The van der Waals surface area contributed by atoms with Crippen molar-refractivity contribution >= 4 is 23.5 Å². The Balaban J connectivity index is 1.45. The minimum Gasteiger partial charge on any atom is -0.360 e. The number of amides is 1. The van der Waals surface area contributed by atoms with Crippen LogP contribution in [-0.2, 0) is 17.9 Å². The Hall–Kier alpha value is -2.65. The van der Waals surface area contributed by atoms with Crippen LogP contribution in [0.4, 0.5) is 5.82 Å². The predicted octanol–water partition coefficient (Wildman–Crippen LogP) is 3.34. The molecule has 1 aliphatic rings. The fourth-order valence-electron chi connectivity index (χ4n) is 3.52. The minimum absolute atomic E-state index is 0.153. The van der Waals surface area contributed by atoms with Gasteiger partial charge in [-0.05, 0) is 38.4 Å². The monoisotopic (exact) mass is 426 g/mol. The molecule has 3 aromatic rings. The molecule has 3 heterocycles. The smallest absolute Gasteiger partial charge is 0.236 e. The first kappa shape index (κ1) is 20.6. The van der Waals surface area contributed by atoms with Crippen molar-refractivity contribution in [3.63, 3.8) is 0 Å².